The molecular formula is C2H7BINP. The Morgan fingerprint density at radius 1 is 1.83 bits per heavy atom. The third-order valence-electron chi connectivity index (χ3n) is 0.366. The van der Waals surface area contributed by atoms with Crippen molar-refractivity contribution in [1.29, 1.82) is 0 Å². The maximum absolute atomic E-state index is 3.10. The Morgan fingerprint density at radius 2 is 2.50 bits per heavy atom. The van der Waals surface area contributed by atoms with Gasteiger partial charge in [-0.25, -0.2) is 0 Å². The number of hydrogen-bond donors (Lipinski definition) is 1. The first-order chi connectivity index (χ1) is 2.91. The molecule has 35 valence electrons. The fraction of sp³-hybridized carbons (Fsp3) is 1.00. The predicted octanol–water partition coefficient (Wildman–Crippen LogP) is 0.420. The fourth-order valence-electron chi connectivity index (χ4n) is 0.138. The molecule has 1 nitrogen and oxygen atoms in total. The van der Waals surface area contributed by atoms with Gasteiger partial charge in [-0.3, -0.25) is 0 Å². The van der Waals surface area contributed by atoms with E-state index in [2.05, 4.69) is 42.1 Å². The van der Waals surface area contributed by atoms with Crippen LogP contribution in [0, 0.1) is 0 Å². The van der Waals surface area contributed by atoms with Crippen LogP contribution in [0.4, 0.5) is 0 Å². The maximum Gasteiger partial charge on any atom is 0.216 e. The van der Waals surface area contributed by atoms with Crippen molar-refractivity contribution in [1.82, 2.24) is 5.32 Å². The van der Waals surface area contributed by atoms with Crippen LogP contribution in [-0.2, 0) is 0 Å². The molecule has 0 saturated carbocycles. The summed E-state index contributed by atoms with van der Waals surface area (Å²) in [5.74, 6) is 0. The topological polar surface area (TPSA) is 12.0 Å². The average Bonchev–Trinajstić information content (AvgIpc) is 1.61. The van der Waals surface area contributed by atoms with E-state index in [4.69, 9.17) is 0 Å². The quantitative estimate of drug-likeness (QED) is 0.310. The van der Waals surface area contributed by atoms with Crippen molar-refractivity contribution in [3.05, 3.63) is 0 Å². The Balaban J connectivity index is 2.34. The van der Waals surface area contributed by atoms with Gasteiger partial charge < -0.3 is 5.32 Å². The van der Waals surface area contributed by atoms with Crippen molar-refractivity contribution in [2.45, 2.75) is 0 Å². The van der Waals surface area contributed by atoms with Gasteiger partial charge in [0, 0.05) is 6.29 Å². The summed E-state index contributed by atoms with van der Waals surface area (Å²) in [7, 11) is 2.59. The molecule has 0 bridgehead atoms. The van der Waals surface area contributed by atoms with Gasteiger partial charge in [-0.1, -0.05) is 0 Å². The van der Waals surface area contributed by atoms with Crippen LogP contribution >= 0.6 is 31.6 Å². The molecule has 0 amide bonds. The van der Waals surface area contributed by atoms with Gasteiger partial charge in [-0.05, 0) is 6.44 Å². The molecule has 0 heterocycles. The third kappa shape index (κ3) is 5.18. The largest absolute Gasteiger partial charge is 0.320 e. The number of nitrogens with one attached hydrogen (secondary N) is 1. The summed E-state index contributed by atoms with van der Waals surface area (Å²) in [6, 6.07) is 0. The lowest BCUT2D eigenvalue weighted by Crippen LogP contribution is -2.14. The summed E-state index contributed by atoms with van der Waals surface area (Å²) in [5.41, 5.74) is 0. The molecule has 0 rings (SSSR count). The Bertz CT molecular complexity index is 25.5. The fourth-order valence-corrected chi connectivity index (χ4v) is 0.616. The third-order valence-corrected chi connectivity index (χ3v) is 1.09. The monoisotopic (exact) mass is 214 g/mol. The molecule has 4 heteroatoms. The summed E-state index contributed by atoms with van der Waals surface area (Å²) >= 11 is 2.21. The summed E-state index contributed by atoms with van der Waals surface area (Å²) in [5, 5.41) is 5.16. The van der Waals surface area contributed by atoms with Crippen LogP contribution in [0.25, 0.3) is 0 Å². The summed E-state index contributed by atoms with van der Waals surface area (Å²) in [6.07, 6.45) is 1.99. The minimum absolute atomic E-state index is 0.986. The molecule has 1 atom stereocenters. The Labute approximate surface area is 55.0 Å². The molecule has 0 spiro atoms. The standard InChI is InChI=1S/C2H7BINP/c4-3-1-5-2-6/h5H,1-2,6H2. The first-order valence-corrected chi connectivity index (χ1v) is 3.80. The van der Waals surface area contributed by atoms with E-state index in [0.29, 0.717) is 0 Å². The molecule has 6 heavy (non-hydrogen) atoms. The zero-order valence-corrected chi connectivity index (χ0v) is 6.76. The molecule has 0 aromatic rings. The van der Waals surface area contributed by atoms with Gasteiger partial charge in [0.1, 0.15) is 0 Å². The van der Waals surface area contributed by atoms with E-state index < -0.39 is 0 Å². The van der Waals surface area contributed by atoms with E-state index in [9.17, 15) is 0 Å². The van der Waals surface area contributed by atoms with Crippen LogP contribution in [0.15, 0.2) is 0 Å². The molecule has 0 fully saturated rings. The molecule has 0 aliphatic rings. The van der Waals surface area contributed by atoms with Gasteiger partial charge >= 0.3 is 0 Å². The highest BCUT2D eigenvalue weighted by atomic mass is 127. The van der Waals surface area contributed by atoms with E-state index in [1.165, 1.54) is 0 Å². The van der Waals surface area contributed by atoms with E-state index in [0.717, 1.165) is 12.7 Å². The minimum atomic E-state index is 0.986. The first-order valence-electron chi connectivity index (χ1n) is 1.74. The molecule has 0 aliphatic heterocycles. The van der Waals surface area contributed by atoms with E-state index in [1.807, 2.05) is 0 Å². The molecule has 1 radical (unpaired) electrons. The Hall–Kier alpha value is 1.18. The van der Waals surface area contributed by atoms with Crippen LogP contribution in [-0.4, -0.2) is 17.9 Å². The first kappa shape index (κ1) is 7.18. The molecule has 1 unspecified atom stereocenters. The highest BCUT2D eigenvalue weighted by Gasteiger charge is 1.76. The van der Waals surface area contributed by atoms with Crippen LogP contribution in [0.5, 0.6) is 0 Å². The van der Waals surface area contributed by atoms with Gasteiger partial charge in [-0.2, -0.15) is 22.4 Å². The number of halogens is 1. The lowest BCUT2D eigenvalue weighted by molar-refractivity contribution is 0.941. The van der Waals surface area contributed by atoms with Crippen molar-refractivity contribution in [2.24, 2.45) is 0 Å². The molecule has 0 saturated heterocycles. The van der Waals surface area contributed by atoms with Crippen LogP contribution in [0.2, 0.25) is 0 Å². The van der Waals surface area contributed by atoms with Gasteiger partial charge in [0.15, 0.2) is 0 Å². The summed E-state index contributed by atoms with van der Waals surface area (Å²) in [4.78, 5) is 0. The second-order valence-electron chi connectivity index (χ2n) is 0.813. The van der Waals surface area contributed by atoms with Crippen LogP contribution < -0.4 is 5.32 Å². The van der Waals surface area contributed by atoms with Crippen molar-refractivity contribution < 1.29 is 0 Å². The second-order valence-corrected chi connectivity index (χ2v) is 2.10. The van der Waals surface area contributed by atoms with E-state index in [-0.39, 0.29) is 0 Å². The van der Waals surface area contributed by atoms with Gasteiger partial charge in [0.05, 0.1) is 0 Å². The smallest absolute Gasteiger partial charge is 0.216 e. The number of hydrogen-bond acceptors (Lipinski definition) is 1. The zero-order chi connectivity index (χ0) is 4.83. The average molecular weight is 214 g/mol. The van der Waals surface area contributed by atoms with E-state index >= 15 is 0 Å². The lowest BCUT2D eigenvalue weighted by Gasteiger charge is -1.89. The normalized spacial score (nSPS) is 8.33. The number of rotatable bonds is 3. The van der Waals surface area contributed by atoms with Crippen LogP contribution in [0.1, 0.15) is 0 Å². The summed E-state index contributed by atoms with van der Waals surface area (Å²) < 4.78 is 0. The predicted molar refractivity (Wildman–Crippen MR) is 42.4 cm³/mol. The molecule has 0 aromatic heterocycles. The van der Waals surface area contributed by atoms with Crippen molar-refractivity contribution in [3.63, 3.8) is 0 Å². The van der Waals surface area contributed by atoms with Crippen LogP contribution in [0.3, 0.4) is 0 Å². The van der Waals surface area contributed by atoms with Crippen molar-refractivity contribution in [2.75, 3.05) is 12.7 Å². The Kier molecular flexibility index (Phi) is 7.41. The lowest BCUT2D eigenvalue weighted by atomic mass is 10.2. The second kappa shape index (κ2) is 6.18. The highest BCUT2D eigenvalue weighted by Crippen LogP contribution is 1.73. The van der Waals surface area contributed by atoms with Gasteiger partial charge in [-0.15, -0.1) is 9.24 Å². The molecule has 0 aliphatic carbocycles. The highest BCUT2D eigenvalue weighted by molar-refractivity contribution is 14.1. The van der Waals surface area contributed by atoms with E-state index in [1.54, 1.807) is 0 Å². The van der Waals surface area contributed by atoms with Crippen molar-refractivity contribution >= 4 is 36.8 Å². The Morgan fingerprint density at radius 3 is 2.67 bits per heavy atom. The summed E-state index contributed by atoms with van der Waals surface area (Å²) in [6.45, 7) is 0. The molecule has 1 N–H and O–H groups in total. The molecular weight excluding hydrogens is 207 g/mol. The maximum atomic E-state index is 3.10. The van der Waals surface area contributed by atoms with Gasteiger partial charge in [0.25, 0.3) is 0 Å². The zero-order valence-electron chi connectivity index (χ0n) is 3.45. The van der Waals surface area contributed by atoms with Crippen molar-refractivity contribution in [3.8, 4) is 0 Å². The molecule has 0 aromatic carbocycles. The minimum Gasteiger partial charge on any atom is -0.320 e. The SMILES string of the molecule is PCNC[B]I. The van der Waals surface area contributed by atoms with Gasteiger partial charge in [0.2, 0.25) is 5.14 Å².